The number of nitrogens with one attached hydrogen (secondary N) is 1. The molecule has 3 N–H and O–H groups in total. The molecule has 5 nitrogen and oxygen atoms in total. The van der Waals surface area contributed by atoms with Crippen molar-refractivity contribution in [1.82, 2.24) is 4.98 Å². The summed E-state index contributed by atoms with van der Waals surface area (Å²) >= 11 is 13.8. The third-order valence-electron chi connectivity index (χ3n) is 3.58. The first-order chi connectivity index (χ1) is 10.6. The van der Waals surface area contributed by atoms with Gasteiger partial charge in [-0.05, 0) is 12.1 Å². The number of thiazole rings is 1. The van der Waals surface area contributed by atoms with Gasteiger partial charge in [0.1, 0.15) is 5.84 Å². The minimum Gasteiger partial charge on any atom is -0.383 e. The smallest absolute Gasteiger partial charge is 0.186 e. The van der Waals surface area contributed by atoms with Crippen molar-refractivity contribution < 1.29 is 0 Å². The summed E-state index contributed by atoms with van der Waals surface area (Å²) < 4.78 is 0. The van der Waals surface area contributed by atoms with Crippen molar-refractivity contribution >= 4 is 51.2 Å². The summed E-state index contributed by atoms with van der Waals surface area (Å²) in [6.45, 7) is 3.37. The van der Waals surface area contributed by atoms with E-state index in [9.17, 15) is 0 Å². The van der Waals surface area contributed by atoms with Gasteiger partial charge in [0.25, 0.3) is 0 Å². The number of anilines is 2. The molecule has 0 bridgehead atoms. The third-order valence-corrected chi connectivity index (χ3v) is 5.48. The molecule has 2 heterocycles. The van der Waals surface area contributed by atoms with Crippen molar-refractivity contribution in [1.29, 1.82) is 5.41 Å². The van der Waals surface area contributed by atoms with Crippen LogP contribution in [0.4, 0.5) is 10.8 Å². The lowest BCUT2D eigenvalue weighted by Gasteiger charge is -2.36. The molecule has 0 saturated carbocycles. The maximum Gasteiger partial charge on any atom is 0.186 e. The fraction of sp³-hybridized carbons (Fsp3) is 0.286. The van der Waals surface area contributed by atoms with Gasteiger partial charge in [0, 0.05) is 26.2 Å². The number of piperazine rings is 1. The molecule has 22 heavy (non-hydrogen) atoms. The molecule has 1 aliphatic heterocycles. The number of nitrogens with two attached hydrogens (primary N) is 1. The molecule has 2 aromatic rings. The van der Waals surface area contributed by atoms with Crippen molar-refractivity contribution in [2.75, 3.05) is 36.0 Å². The molecule has 0 spiro atoms. The van der Waals surface area contributed by atoms with E-state index in [1.807, 2.05) is 12.1 Å². The van der Waals surface area contributed by atoms with E-state index < -0.39 is 0 Å². The van der Waals surface area contributed by atoms with Crippen LogP contribution in [-0.2, 0) is 0 Å². The van der Waals surface area contributed by atoms with Gasteiger partial charge in [-0.3, -0.25) is 5.41 Å². The standard InChI is InChI=1S/C14H15Cl2N5S/c15-9-2-1-3-10(12(9)16)20-4-6-21(7-5-20)14-19-8-11(22-14)13(17)18/h1-3,8H,4-7H2,(H3,17,18). The zero-order chi connectivity index (χ0) is 15.7. The Kier molecular flexibility index (Phi) is 4.42. The molecule has 3 rings (SSSR count). The number of nitrogen functional groups attached to an aromatic ring is 1. The van der Waals surface area contributed by atoms with E-state index in [1.165, 1.54) is 11.3 Å². The Morgan fingerprint density at radius 3 is 2.50 bits per heavy atom. The van der Waals surface area contributed by atoms with Gasteiger partial charge in [0.15, 0.2) is 5.13 Å². The minimum absolute atomic E-state index is 0.0631. The van der Waals surface area contributed by atoms with Crippen LogP contribution >= 0.6 is 34.5 Å². The lowest BCUT2D eigenvalue weighted by Crippen LogP contribution is -2.46. The van der Waals surface area contributed by atoms with Gasteiger partial charge in [-0.2, -0.15) is 0 Å². The molecule has 1 aliphatic rings. The minimum atomic E-state index is 0.0631. The number of hydrogen-bond acceptors (Lipinski definition) is 5. The lowest BCUT2D eigenvalue weighted by atomic mass is 10.2. The van der Waals surface area contributed by atoms with E-state index in [1.54, 1.807) is 12.3 Å². The van der Waals surface area contributed by atoms with Crippen molar-refractivity contribution in [3.8, 4) is 0 Å². The topological polar surface area (TPSA) is 69.2 Å². The molecule has 0 aliphatic carbocycles. The molecule has 1 saturated heterocycles. The van der Waals surface area contributed by atoms with Crippen LogP contribution in [0, 0.1) is 5.41 Å². The van der Waals surface area contributed by atoms with Gasteiger partial charge >= 0.3 is 0 Å². The van der Waals surface area contributed by atoms with Crippen LogP contribution in [0.3, 0.4) is 0 Å². The maximum atomic E-state index is 7.45. The zero-order valence-electron chi connectivity index (χ0n) is 11.7. The molecule has 0 radical (unpaired) electrons. The van der Waals surface area contributed by atoms with E-state index in [-0.39, 0.29) is 5.84 Å². The lowest BCUT2D eigenvalue weighted by molar-refractivity contribution is 0.652. The summed E-state index contributed by atoms with van der Waals surface area (Å²) in [6, 6.07) is 5.69. The fourth-order valence-corrected chi connectivity index (χ4v) is 3.66. The molecule has 0 unspecified atom stereocenters. The highest BCUT2D eigenvalue weighted by Gasteiger charge is 2.21. The van der Waals surface area contributed by atoms with E-state index in [4.69, 9.17) is 34.3 Å². The van der Waals surface area contributed by atoms with Crippen molar-refractivity contribution in [3.63, 3.8) is 0 Å². The van der Waals surface area contributed by atoms with Crippen molar-refractivity contribution in [2.24, 2.45) is 5.73 Å². The van der Waals surface area contributed by atoms with Crippen LogP contribution in [0.25, 0.3) is 0 Å². The predicted molar refractivity (Wildman–Crippen MR) is 94.0 cm³/mol. The van der Waals surface area contributed by atoms with Crippen LogP contribution in [-0.4, -0.2) is 37.0 Å². The number of rotatable bonds is 3. The highest BCUT2D eigenvalue weighted by atomic mass is 35.5. The average molecular weight is 356 g/mol. The van der Waals surface area contributed by atoms with Gasteiger partial charge in [0.2, 0.25) is 0 Å². The Morgan fingerprint density at radius 1 is 1.18 bits per heavy atom. The van der Waals surface area contributed by atoms with E-state index >= 15 is 0 Å². The number of halogens is 2. The predicted octanol–water partition coefficient (Wildman–Crippen LogP) is 3.06. The van der Waals surface area contributed by atoms with E-state index in [0.717, 1.165) is 37.0 Å². The quantitative estimate of drug-likeness (QED) is 0.655. The summed E-state index contributed by atoms with van der Waals surface area (Å²) in [7, 11) is 0. The summed E-state index contributed by atoms with van der Waals surface area (Å²) in [5.74, 6) is 0.0631. The first kappa shape index (κ1) is 15.4. The van der Waals surface area contributed by atoms with Gasteiger partial charge in [-0.1, -0.05) is 40.6 Å². The van der Waals surface area contributed by atoms with E-state index in [0.29, 0.717) is 14.9 Å². The van der Waals surface area contributed by atoms with Crippen molar-refractivity contribution in [3.05, 3.63) is 39.3 Å². The molecule has 0 atom stereocenters. The van der Waals surface area contributed by atoms with Crippen LogP contribution in [0.2, 0.25) is 10.0 Å². The van der Waals surface area contributed by atoms with E-state index in [2.05, 4.69) is 14.8 Å². The van der Waals surface area contributed by atoms with Crippen LogP contribution in [0.5, 0.6) is 0 Å². The summed E-state index contributed by atoms with van der Waals surface area (Å²) in [5.41, 5.74) is 6.46. The van der Waals surface area contributed by atoms with Gasteiger partial charge in [-0.15, -0.1) is 0 Å². The number of hydrogen-bond donors (Lipinski definition) is 2. The Hall–Kier alpha value is -1.50. The Balaban J connectivity index is 1.69. The Labute approximate surface area is 142 Å². The maximum absolute atomic E-state index is 7.45. The second-order valence-electron chi connectivity index (χ2n) is 4.97. The molecule has 1 aromatic carbocycles. The monoisotopic (exact) mass is 355 g/mol. The largest absolute Gasteiger partial charge is 0.383 e. The van der Waals surface area contributed by atoms with Gasteiger partial charge in [0.05, 0.1) is 26.8 Å². The van der Waals surface area contributed by atoms with Crippen LogP contribution < -0.4 is 15.5 Å². The molecule has 8 heteroatoms. The Bertz CT molecular complexity index is 694. The molecular formula is C14H15Cl2N5S. The normalized spacial score (nSPS) is 15.2. The number of benzene rings is 1. The summed E-state index contributed by atoms with van der Waals surface area (Å²) in [5, 5.41) is 9.53. The fourth-order valence-electron chi connectivity index (χ4n) is 2.41. The molecular weight excluding hydrogens is 341 g/mol. The molecule has 0 amide bonds. The second-order valence-corrected chi connectivity index (χ2v) is 6.76. The Morgan fingerprint density at radius 2 is 1.86 bits per heavy atom. The van der Waals surface area contributed by atoms with Gasteiger partial charge < -0.3 is 15.5 Å². The average Bonchev–Trinajstić information content (AvgIpc) is 3.00. The molecule has 1 fully saturated rings. The van der Waals surface area contributed by atoms with Crippen molar-refractivity contribution in [2.45, 2.75) is 0 Å². The first-order valence-electron chi connectivity index (χ1n) is 6.80. The molecule has 1 aromatic heterocycles. The first-order valence-corrected chi connectivity index (χ1v) is 8.37. The highest BCUT2D eigenvalue weighted by Crippen LogP contribution is 2.33. The van der Waals surface area contributed by atoms with Gasteiger partial charge in [-0.25, -0.2) is 4.98 Å². The number of aromatic nitrogens is 1. The third kappa shape index (κ3) is 2.99. The number of amidine groups is 1. The summed E-state index contributed by atoms with van der Waals surface area (Å²) in [6.07, 6.45) is 1.66. The second kappa shape index (κ2) is 6.32. The zero-order valence-corrected chi connectivity index (χ0v) is 14.0. The highest BCUT2D eigenvalue weighted by molar-refractivity contribution is 7.17. The van der Waals surface area contributed by atoms with Crippen LogP contribution in [0.15, 0.2) is 24.4 Å². The summed E-state index contributed by atoms with van der Waals surface area (Å²) in [4.78, 5) is 9.48. The number of nitrogens with zero attached hydrogens (tertiary/aromatic N) is 3. The molecule has 116 valence electrons. The SMILES string of the molecule is N=C(N)c1cnc(N2CCN(c3cccc(Cl)c3Cl)CC2)s1. The van der Waals surface area contributed by atoms with Crippen LogP contribution in [0.1, 0.15) is 4.88 Å².